The SMILES string of the molecule is COc1cccc2c1OCC(C(=O)N1CCC[C@@H]1c1cnn(C)c1)=C2. The van der Waals surface area contributed by atoms with Gasteiger partial charge in [0.05, 0.1) is 24.9 Å². The fourth-order valence-electron chi connectivity index (χ4n) is 3.62. The largest absolute Gasteiger partial charge is 0.493 e. The molecular formula is C19H21N3O3. The Balaban J connectivity index is 1.61. The number of carbonyl (C=O) groups is 1. The second kappa shape index (κ2) is 6.27. The molecule has 0 N–H and O–H groups in total. The molecule has 1 saturated heterocycles. The van der Waals surface area contributed by atoms with E-state index in [0.717, 1.165) is 30.5 Å². The number of methoxy groups -OCH3 is 1. The van der Waals surface area contributed by atoms with Gasteiger partial charge in [-0.15, -0.1) is 0 Å². The van der Waals surface area contributed by atoms with E-state index in [2.05, 4.69) is 5.10 Å². The maximum Gasteiger partial charge on any atom is 0.253 e. The van der Waals surface area contributed by atoms with Gasteiger partial charge in [-0.25, -0.2) is 0 Å². The number of likely N-dealkylation sites (tertiary alicyclic amines) is 1. The molecule has 0 unspecified atom stereocenters. The summed E-state index contributed by atoms with van der Waals surface area (Å²) >= 11 is 0. The number of ether oxygens (including phenoxy) is 2. The summed E-state index contributed by atoms with van der Waals surface area (Å²) in [4.78, 5) is 15.0. The van der Waals surface area contributed by atoms with E-state index in [0.29, 0.717) is 17.1 Å². The fraction of sp³-hybridized carbons (Fsp3) is 0.368. The van der Waals surface area contributed by atoms with Crippen LogP contribution in [0.15, 0.2) is 36.2 Å². The van der Waals surface area contributed by atoms with Crippen molar-refractivity contribution in [2.24, 2.45) is 7.05 Å². The summed E-state index contributed by atoms with van der Waals surface area (Å²) in [7, 11) is 3.51. The number of aryl methyl sites for hydroxylation is 1. The molecule has 2 aliphatic heterocycles. The van der Waals surface area contributed by atoms with Crippen molar-refractivity contribution in [2.45, 2.75) is 18.9 Å². The third-order valence-corrected chi connectivity index (χ3v) is 4.83. The van der Waals surface area contributed by atoms with Crippen LogP contribution < -0.4 is 9.47 Å². The topological polar surface area (TPSA) is 56.6 Å². The van der Waals surface area contributed by atoms with Gasteiger partial charge in [-0.2, -0.15) is 5.10 Å². The molecule has 1 atom stereocenters. The number of benzene rings is 1. The molecule has 1 aromatic heterocycles. The van der Waals surface area contributed by atoms with E-state index in [1.807, 2.05) is 48.6 Å². The van der Waals surface area contributed by atoms with Crippen LogP contribution in [0.25, 0.3) is 6.08 Å². The standard InChI is InChI=1S/C19H21N3O3/c1-21-11-15(10-20-21)16-6-4-8-22(16)19(23)14-9-13-5-3-7-17(24-2)18(13)25-12-14/h3,5,7,9-11,16H,4,6,8,12H2,1-2H3/t16-/m1/s1. The molecule has 0 spiro atoms. The Labute approximate surface area is 146 Å². The monoisotopic (exact) mass is 339 g/mol. The number of hydrogen-bond acceptors (Lipinski definition) is 4. The van der Waals surface area contributed by atoms with Crippen LogP contribution in [0, 0.1) is 0 Å². The van der Waals surface area contributed by atoms with Crippen LogP contribution in [0.4, 0.5) is 0 Å². The van der Waals surface area contributed by atoms with Crippen molar-refractivity contribution >= 4 is 12.0 Å². The summed E-state index contributed by atoms with van der Waals surface area (Å²) in [6.07, 6.45) is 7.73. The lowest BCUT2D eigenvalue weighted by Crippen LogP contribution is -2.33. The van der Waals surface area contributed by atoms with Crippen LogP contribution in [0.2, 0.25) is 0 Å². The van der Waals surface area contributed by atoms with Crippen LogP contribution in [-0.4, -0.2) is 40.8 Å². The predicted octanol–water partition coefficient (Wildman–Crippen LogP) is 2.57. The molecule has 0 aliphatic carbocycles. The van der Waals surface area contributed by atoms with E-state index in [1.165, 1.54) is 0 Å². The number of nitrogens with zero attached hydrogens (tertiary/aromatic N) is 3. The number of hydrogen-bond donors (Lipinski definition) is 0. The van der Waals surface area contributed by atoms with Gasteiger partial charge in [0, 0.05) is 30.9 Å². The Kier molecular flexibility index (Phi) is 3.95. The van der Waals surface area contributed by atoms with E-state index in [9.17, 15) is 4.79 Å². The normalized spacial score (nSPS) is 19.2. The molecule has 1 aromatic carbocycles. The number of rotatable bonds is 3. The Hall–Kier alpha value is -2.76. The fourth-order valence-corrected chi connectivity index (χ4v) is 3.62. The Morgan fingerprint density at radius 2 is 2.28 bits per heavy atom. The van der Waals surface area contributed by atoms with E-state index in [-0.39, 0.29) is 18.6 Å². The molecule has 25 heavy (non-hydrogen) atoms. The molecule has 0 bridgehead atoms. The molecule has 3 heterocycles. The molecule has 0 radical (unpaired) electrons. The minimum absolute atomic E-state index is 0.0415. The third-order valence-electron chi connectivity index (χ3n) is 4.83. The zero-order valence-corrected chi connectivity index (χ0v) is 14.4. The van der Waals surface area contributed by atoms with E-state index in [4.69, 9.17) is 9.47 Å². The summed E-state index contributed by atoms with van der Waals surface area (Å²) in [5.74, 6) is 1.43. The van der Waals surface area contributed by atoms with Crippen molar-refractivity contribution in [3.05, 3.63) is 47.3 Å². The van der Waals surface area contributed by atoms with E-state index < -0.39 is 0 Å². The second-order valence-electron chi connectivity index (χ2n) is 6.44. The maximum absolute atomic E-state index is 13.1. The van der Waals surface area contributed by atoms with Crippen molar-refractivity contribution in [1.29, 1.82) is 0 Å². The number of fused-ring (bicyclic) bond motifs is 1. The van der Waals surface area contributed by atoms with Gasteiger partial charge in [-0.1, -0.05) is 12.1 Å². The molecule has 2 aliphatic rings. The first-order valence-corrected chi connectivity index (χ1v) is 8.47. The summed E-state index contributed by atoms with van der Waals surface area (Å²) in [5, 5.41) is 4.24. The summed E-state index contributed by atoms with van der Waals surface area (Å²) < 4.78 is 12.9. The highest BCUT2D eigenvalue weighted by Crippen LogP contribution is 2.37. The van der Waals surface area contributed by atoms with Gasteiger partial charge in [0.2, 0.25) is 0 Å². The first-order valence-electron chi connectivity index (χ1n) is 8.47. The molecule has 6 heteroatoms. The minimum Gasteiger partial charge on any atom is -0.493 e. The zero-order chi connectivity index (χ0) is 17.4. The van der Waals surface area contributed by atoms with Gasteiger partial charge in [-0.05, 0) is 25.0 Å². The van der Waals surface area contributed by atoms with Gasteiger partial charge >= 0.3 is 0 Å². The van der Waals surface area contributed by atoms with Gasteiger partial charge in [0.15, 0.2) is 11.5 Å². The lowest BCUT2D eigenvalue weighted by Gasteiger charge is -2.27. The molecule has 0 saturated carbocycles. The predicted molar refractivity (Wildman–Crippen MR) is 93.4 cm³/mol. The average Bonchev–Trinajstić information content (AvgIpc) is 3.28. The van der Waals surface area contributed by atoms with Crippen LogP contribution in [-0.2, 0) is 11.8 Å². The van der Waals surface area contributed by atoms with Crippen molar-refractivity contribution in [3.63, 3.8) is 0 Å². The van der Waals surface area contributed by atoms with Crippen molar-refractivity contribution in [1.82, 2.24) is 14.7 Å². The molecule has 1 amide bonds. The van der Waals surface area contributed by atoms with E-state index in [1.54, 1.807) is 11.8 Å². The molecule has 4 rings (SSSR count). The quantitative estimate of drug-likeness (QED) is 0.862. The molecule has 1 fully saturated rings. The number of para-hydroxylation sites is 1. The first kappa shape index (κ1) is 15.7. The minimum atomic E-state index is 0.0415. The maximum atomic E-state index is 13.1. The highest BCUT2D eigenvalue weighted by Gasteiger charge is 2.33. The number of aromatic nitrogens is 2. The molecule has 130 valence electrons. The van der Waals surface area contributed by atoms with E-state index >= 15 is 0 Å². The van der Waals surface area contributed by atoms with Crippen LogP contribution in [0.3, 0.4) is 0 Å². The summed E-state index contributed by atoms with van der Waals surface area (Å²) in [5.41, 5.74) is 2.65. The number of carbonyl (C=O) groups excluding carboxylic acids is 1. The Morgan fingerprint density at radius 1 is 1.40 bits per heavy atom. The lowest BCUT2D eigenvalue weighted by atomic mass is 10.0. The lowest BCUT2D eigenvalue weighted by molar-refractivity contribution is -0.128. The van der Waals surface area contributed by atoms with Crippen LogP contribution in [0.5, 0.6) is 11.5 Å². The first-order chi connectivity index (χ1) is 12.2. The molecule has 2 aromatic rings. The summed E-state index contributed by atoms with van der Waals surface area (Å²) in [6, 6.07) is 5.79. The van der Waals surface area contributed by atoms with Crippen molar-refractivity contribution in [2.75, 3.05) is 20.3 Å². The smallest absolute Gasteiger partial charge is 0.253 e. The van der Waals surface area contributed by atoms with Crippen LogP contribution >= 0.6 is 0 Å². The molecule has 6 nitrogen and oxygen atoms in total. The van der Waals surface area contributed by atoms with Crippen molar-refractivity contribution in [3.8, 4) is 11.5 Å². The Bertz CT molecular complexity index is 840. The Morgan fingerprint density at radius 3 is 3.04 bits per heavy atom. The third kappa shape index (κ3) is 2.77. The highest BCUT2D eigenvalue weighted by atomic mass is 16.5. The van der Waals surface area contributed by atoms with Crippen LogP contribution in [0.1, 0.15) is 30.0 Å². The van der Waals surface area contributed by atoms with Gasteiger partial charge in [0.1, 0.15) is 6.61 Å². The van der Waals surface area contributed by atoms with Gasteiger partial charge < -0.3 is 14.4 Å². The van der Waals surface area contributed by atoms with Crippen molar-refractivity contribution < 1.29 is 14.3 Å². The summed E-state index contributed by atoms with van der Waals surface area (Å²) in [6.45, 7) is 1.03. The zero-order valence-electron chi connectivity index (χ0n) is 14.4. The average molecular weight is 339 g/mol. The van der Waals surface area contributed by atoms with Gasteiger partial charge in [-0.3, -0.25) is 9.48 Å². The second-order valence-corrected chi connectivity index (χ2v) is 6.44. The van der Waals surface area contributed by atoms with Gasteiger partial charge in [0.25, 0.3) is 5.91 Å². The number of amides is 1. The molecular weight excluding hydrogens is 318 g/mol. The highest BCUT2D eigenvalue weighted by molar-refractivity contribution is 5.99.